The molecule has 0 amide bonds. The van der Waals surface area contributed by atoms with Crippen molar-refractivity contribution in [1.29, 1.82) is 0 Å². The van der Waals surface area contributed by atoms with Crippen LogP contribution in [0.15, 0.2) is 72.2 Å². The molecule has 0 unspecified atom stereocenters. The van der Waals surface area contributed by atoms with E-state index in [-0.39, 0.29) is 12.5 Å². The number of esters is 3. The highest BCUT2D eigenvalue weighted by Gasteiger charge is 2.59. The van der Waals surface area contributed by atoms with E-state index >= 15 is 0 Å². The van der Waals surface area contributed by atoms with E-state index in [1.165, 1.54) is 6.08 Å². The van der Waals surface area contributed by atoms with Crippen molar-refractivity contribution in [2.24, 2.45) is 17.8 Å². The van der Waals surface area contributed by atoms with Crippen molar-refractivity contribution in [1.82, 2.24) is 0 Å². The van der Waals surface area contributed by atoms with E-state index in [0.29, 0.717) is 33.5 Å². The Kier molecular flexibility index (Phi) is 6.43. The van der Waals surface area contributed by atoms with Gasteiger partial charge in [0.2, 0.25) is 0 Å². The maximum absolute atomic E-state index is 13.1. The molecule has 0 spiro atoms. The number of carbonyl (C=O) groups excluding carboxylic acids is 3. The Morgan fingerprint density at radius 2 is 1.57 bits per heavy atom. The van der Waals surface area contributed by atoms with Crippen LogP contribution in [-0.2, 0) is 28.6 Å². The van der Waals surface area contributed by atoms with Crippen molar-refractivity contribution in [2.75, 3.05) is 6.61 Å². The SMILES string of the molecule is CCOC(=O)/C=C1\C[C@H](c2ccccc2Cl)[C@@H]2C(=C[C@H](c3ccccc3Cl)[C@@H]3C(=O)OC(=O)[C@@H]32)O1. The molecule has 0 aromatic heterocycles. The number of carbonyl (C=O) groups is 3. The van der Waals surface area contributed by atoms with Crippen LogP contribution in [0.1, 0.15) is 36.3 Å². The summed E-state index contributed by atoms with van der Waals surface area (Å²) in [5.41, 5.74) is 1.49. The number of hydrogen-bond acceptors (Lipinski definition) is 6. The molecule has 2 aromatic carbocycles. The number of allylic oxidation sites excluding steroid dienone is 3. The highest BCUT2D eigenvalue weighted by atomic mass is 35.5. The Morgan fingerprint density at radius 3 is 2.23 bits per heavy atom. The average molecular weight is 513 g/mol. The van der Waals surface area contributed by atoms with Gasteiger partial charge < -0.3 is 14.2 Å². The maximum atomic E-state index is 13.1. The molecule has 2 fully saturated rings. The standard InChI is InChI=1S/C27H22Cl2O6/c1-2-33-22(30)12-14-11-17(15-7-3-5-9-19(15)28)23-21(34-14)13-18(16-8-4-6-10-20(16)29)24-25(23)27(32)35-26(24)31/h3-10,12-13,17-18,23-25H,2,11H2,1H3/b14-12+/t17-,18-,23-,24+,25-/m1/s1. The zero-order valence-electron chi connectivity index (χ0n) is 18.8. The quantitative estimate of drug-likeness (QED) is 0.303. The third kappa shape index (κ3) is 4.26. The number of rotatable bonds is 4. The van der Waals surface area contributed by atoms with Gasteiger partial charge in [0.1, 0.15) is 11.5 Å². The fourth-order valence-corrected chi connectivity index (χ4v) is 5.97. The van der Waals surface area contributed by atoms with Crippen molar-refractivity contribution in [2.45, 2.75) is 25.2 Å². The second-order valence-electron chi connectivity index (χ2n) is 8.73. The van der Waals surface area contributed by atoms with Crippen molar-refractivity contribution in [3.63, 3.8) is 0 Å². The van der Waals surface area contributed by atoms with Gasteiger partial charge in [0.25, 0.3) is 0 Å². The van der Waals surface area contributed by atoms with Gasteiger partial charge in [-0.2, -0.15) is 0 Å². The predicted octanol–water partition coefficient (Wildman–Crippen LogP) is 5.56. The van der Waals surface area contributed by atoms with E-state index in [0.717, 1.165) is 5.56 Å². The van der Waals surface area contributed by atoms with Crippen molar-refractivity contribution >= 4 is 41.1 Å². The first-order valence-corrected chi connectivity index (χ1v) is 12.2. The summed E-state index contributed by atoms with van der Waals surface area (Å²) < 4.78 is 16.4. The largest absolute Gasteiger partial charge is 0.466 e. The molecule has 2 saturated heterocycles. The molecule has 5 atom stereocenters. The lowest BCUT2D eigenvalue weighted by atomic mass is 9.62. The van der Waals surface area contributed by atoms with Gasteiger partial charge in [0.15, 0.2) is 0 Å². The Morgan fingerprint density at radius 1 is 0.943 bits per heavy atom. The second-order valence-corrected chi connectivity index (χ2v) is 9.55. The van der Waals surface area contributed by atoms with Crippen LogP contribution in [0.4, 0.5) is 0 Å². The summed E-state index contributed by atoms with van der Waals surface area (Å²) in [6.45, 7) is 1.95. The van der Waals surface area contributed by atoms with Crippen LogP contribution >= 0.6 is 23.2 Å². The minimum atomic E-state index is -0.783. The molecule has 8 heteroatoms. The molecule has 0 saturated carbocycles. The molecule has 1 aliphatic carbocycles. The summed E-state index contributed by atoms with van der Waals surface area (Å²) in [7, 11) is 0. The van der Waals surface area contributed by atoms with Crippen LogP contribution in [-0.4, -0.2) is 24.5 Å². The zero-order chi connectivity index (χ0) is 24.7. The molecular formula is C27H22Cl2O6. The topological polar surface area (TPSA) is 78.9 Å². The molecule has 6 nitrogen and oxygen atoms in total. The Bertz CT molecular complexity index is 1270. The zero-order valence-corrected chi connectivity index (χ0v) is 20.3. The second kappa shape index (κ2) is 9.51. The predicted molar refractivity (Wildman–Crippen MR) is 128 cm³/mol. The van der Waals surface area contributed by atoms with Crippen LogP contribution in [0.25, 0.3) is 0 Å². The Balaban J connectivity index is 1.68. The summed E-state index contributed by atoms with van der Waals surface area (Å²) in [6.07, 6.45) is 3.44. The molecule has 5 rings (SSSR count). The number of fused-ring (bicyclic) bond motifs is 3. The van der Waals surface area contributed by atoms with E-state index in [4.69, 9.17) is 37.4 Å². The van der Waals surface area contributed by atoms with Crippen molar-refractivity contribution in [3.05, 3.63) is 93.4 Å². The van der Waals surface area contributed by atoms with Crippen molar-refractivity contribution < 1.29 is 28.6 Å². The van der Waals surface area contributed by atoms with E-state index in [1.807, 2.05) is 36.4 Å². The molecular weight excluding hydrogens is 491 g/mol. The lowest BCUT2D eigenvalue weighted by Gasteiger charge is -2.43. The maximum Gasteiger partial charge on any atom is 0.334 e. The van der Waals surface area contributed by atoms with E-state index in [9.17, 15) is 14.4 Å². The normalized spacial score (nSPS) is 28.5. The van der Waals surface area contributed by atoms with Gasteiger partial charge >= 0.3 is 17.9 Å². The van der Waals surface area contributed by atoms with Gasteiger partial charge in [-0.3, -0.25) is 9.59 Å². The monoisotopic (exact) mass is 512 g/mol. The van der Waals surface area contributed by atoms with Crippen LogP contribution in [0, 0.1) is 17.8 Å². The third-order valence-corrected chi connectivity index (χ3v) is 7.50. The molecule has 0 bridgehead atoms. The van der Waals surface area contributed by atoms with E-state index < -0.39 is 41.6 Å². The smallest absolute Gasteiger partial charge is 0.334 e. The van der Waals surface area contributed by atoms with E-state index in [2.05, 4.69) is 0 Å². The highest BCUT2D eigenvalue weighted by Crippen LogP contribution is 2.57. The van der Waals surface area contributed by atoms with Crippen LogP contribution in [0.5, 0.6) is 0 Å². The number of cyclic esters (lactones) is 2. The lowest BCUT2D eigenvalue weighted by molar-refractivity contribution is -0.154. The fourth-order valence-electron chi connectivity index (χ4n) is 5.44. The van der Waals surface area contributed by atoms with Gasteiger partial charge in [-0.25, -0.2) is 4.79 Å². The molecule has 2 aliphatic heterocycles. The van der Waals surface area contributed by atoms with Crippen LogP contribution < -0.4 is 0 Å². The Hall–Kier alpha value is -3.09. The van der Waals surface area contributed by atoms with Crippen LogP contribution in [0.2, 0.25) is 10.0 Å². The molecule has 3 aliphatic rings. The molecule has 180 valence electrons. The number of ether oxygens (including phenoxy) is 3. The first-order valence-electron chi connectivity index (χ1n) is 11.4. The minimum absolute atomic E-state index is 0.230. The van der Waals surface area contributed by atoms with Crippen LogP contribution in [0.3, 0.4) is 0 Å². The highest BCUT2D eigenvalue weighted by molar-refractivity contribution is 6.31. The Labute approximate surface area is 212 Å². The number of halogens is 2. The van der Waals surface area contributed by atoms with E-state index in [1.54, 1.807) is 25.1 Å². The molecule has 0 radical (unpaired) electrons. The minimum Gasteiger partial charge on any atom is -0.466 e. The van der Waals surface area contributed by atoms with Gasteiger partial charge in [0.05, 0.1) is 24.5 Å². The molecule has 2 heterocycles. The molecule has 2 aromatic rings. The number of benzene rings is 2. The molecule has 0 N–H and O–H groups in total. The first-order chi connectivity index (χ1) is 16.9. The van der Waals surface area contributed by atoms with Gasteiger partial charge in [-0.15, -0.1) is 0 Å². The fraction of sp³-hybridized carbons (Fsp3) is 0.296. The summed E-state index contributed by atoms with van der Waals surface area (Å²) in [5.74, 6) is -3.72. The van der Waals surface area contributed by atoms with Gasteiger partial charge in [0, 0.05) is 34.2 Å². The number of hydrogen-bond donors (Lipinski definition) is 0. The molecule has 35 heavy (non-hydrogen) atoms. The summed E-state index contributed by atoms with van der Waals surface area (Å²) >= 11 is 13.1. The van der Waals surface area contributed by atoms with Gasteiger partial charge in [-0.1, -0.05) is 59.6 Å². The lowest BCUT2D eigenvalue weighted by Crippen LogP contribution is -2.41. The third-order valence-electron chi connectivity index (χ3n) is 6.82. The van der Waals surface area contributed by atoms with Gasteiger partial charge in [-0.05, 0) is 36.3 Å². The summed E-state index contributed by atoms with van der Waals surface area (Å²) in [6, 6.07) is 14.5. The first kappa shape index (κ1) is 23.6. The summed E-state index contributed by atoms with van der Waals surface area (Å²) in [4.78, 5) is 38.2. The summed E-state index contributed by atoms with van der Waals surface area (Å²) in [5, 5.41) is 0.996. The average Bonchev–Trinajstić information content (AvgIpc) is 3.13. The van der Waals surface area contributed by atoms with Crippen molar-refractivity contribution in [3.8, 4) is 0 Å².